The maximum atomic E-state index is 4.25. The zero-order valence-electron chi connectivity index (χ0n) is 9.73. The van der Waals surface area contributed by atoms with Crippen molar-refractivity contribution in [2.45, 2.75) is 19.4 Å². The van der Waals surface area contributed by atoms with E-state index in [-0.39, 0.29) is 0 Å². The summed E-state index contributed by atoms with van der Waals surface area (Å²) in [5, 5.41) is 0. The van der Waals surface area contributed by atoms with Crippen LogP contribution in [0.2, 0.25) is 0 Å². The molecule has 84 valence electrons. The summed E-state index contributed by atoms with van der Waals surface area (Å²) in [4.78, 5) is 2.60. The fourth-order valence-electron chi connectivity index (χ4n) is 3.19. The molecule has 0 spiro atoms. The maximum Gasteiger partial charge on any atom is 0.0234 e. The smallest absolute Gasteiger partial charge is 0.0234 e. The van der Waals surface area contributed by atoms with Gasteiger partial charge < -0.3 is 0 Å². The van der Waals surface area contributed by atoms with Crippen LogP contribution >= 0.6 is 0 Å². The zero-order chi connectivity index (χ0) is 11.0. The van der Waals surface area contributed by atoms with Crippen molar-refractivity contribution in [1.82, 2.24) is 4.90 Å². The third-order valence-electron chi connectivity index (χ3n) is 4.12. The highest BCUT2D eigenvalue weighted by Gasteiger charge is 2.35. The second-order valence-corrected chi connectivity index (χ2v) is 5.23. The van der Waals surface area contributed by atoms with E-state index in [2.05, 4.69) is 41.8 Å². The molecule has 1 saturated carbocycles. The van der Waals surface area contributed by atoms with E-state index in [1.807, 2.05) is 0 Å². The highest BCUT2D eigenvalue weighted by molar-refractivity contribution is 5.18. The van der Waals surface area contributed by atoms with E-state index in [4.69, 9.17) is 0 Å². The van der Waals surface area contributed by atoms with Crippen LogP contribution in [0.3, 0.4) is 0 Å². The fourth-order valence-corrected chi connectivity index (χ4v) is 3.19. The lowest BCUT2D eigenvalue weighted by Gasteiger charge is -2.33. The van der Waals surface area contributed by atoms with E-state index in [9.17, 15) is 0 Å². The first-order valence-corrected chi connectivity index (χ1v) is 6.28. The highest BCUT2D eigenvalue weighted by atomic mass is 15.1. The van der Waals surface area contributed by atoms with Crippen molar-refractivity contribution < 1.29 is 0 Å². The molecule has 1 aromatic rings. The van der Waals surface area contributed by atoms with Crippen LogP contribution in [-0.4, -0.2) is 18.0 Å². The lowest BCUT2D eigenvalue weighted by molar-refractivity contribution is 0.201. The van der Waals surface area contributed by atoms with Gasteiger partial charge in [-0.25, -0.2) is 0 Å². The lowest BCUT2D eigenvalue weighted by atomic mass is 9.93. The van der Waals surface area contributed by atoms with Gasteiger partial charge in [-0.1, -0.05) is 42.5 Å². The molecule has 1 aromatic carbocycles. The average molecular weight is 213 g/mol. The Balaban J connectivity index is 1.68. The van der Waals surface area contributed by atoms with E-state index >= 15 is 0 Å². The van der Waals surface area contributed by atoms with Gasteiger partial charge in [0.1, 0.15) is 0 Å². The minimum absolute atomic E-state index is 0.780. The summed E-state index contributed by atoms with van der Waals surface area (Å²) in [6.45, 7) is 7.82. The molecule has 0 radical (unpaired) electrons. The van der Waals surface area contributed by atoms with E-state index in [0.717, 1.165) is 18.4 Å². The van der Waals surface area contributed by atoms with Gasteiger partial charge in [0, 0.05) is 19.6 Å². The van der Waals surface area contributed by atoms with Crippen molar-refractivity contribution in [2.24, 2.45) is 11.8 Å². The van der Waals surface area contributed by atoms with Gasteiger partial charge >= 0.3 is 0 Å². The standard InChI is InChI=1S/C15H19N/c1-12-14-7-8-15(12)11-16(10-14)9-13-5-3-2-4-6-13/h2-6,14-15H,1,7-11H2/t14-,15+. The molecule has 1 saturated heterocycles. The molecular formula is C15H19N. The van der Waals surface area contributed by atoms with Crippen molar-refractivity contribution in [2.75, 3.05) is 13.1 Å². The van der Waals surface area contributed by atoms with Crippen molar-refractivity contribution >= 4 is 0 Å². The number of fused-ring (bicyclic) bond motifs is 2. The SMILES string of the molecule is C=C1[C@@H]2CC[C@H]1CN(Cc1ccccc1)C2. The topological polar surface area (TPSA) is 3.24 Å². The molecule has 1 nitrogen and oxygen atoms in total. The molecule has 2 atom stereocenters. The third-order valence-corrected chi connectivity index (χ3v) is 4.12. The Morgan fingerprint density at radius 2 is 1.69 bits per heavy atom. The minimum Gasteiger partial charge on any atom is -0.298 e. The molecule has 0 N–H and O–H groups in total. The summed E-state index contributed by atoms with van der Waals surface area (Å²) in [5.74, 6) is 1.56. The van der Waals surface area contributed by atoms with Gasteiger partial charge in [-0.15, -0.1) is 0 Å². The Bertz CT molecular complexity index is 366. The molecule has 1 heteroatoms. The van der Waals surface area contributed by atoms with Gasteiger partial charge in [-0.3, -0.25) is 4.90 Å². The Hall–Kier alpha value is -1.08. The van der Waals surface area contributed by atoms with Gasteiger partial charge in [0.05, 0.1) is 0 Å². The average Bonchev–Trinajstić information content (AvgIpc) is 2.54. The highest BCUT2D eigenvalue weighted by Crippen LogP contribution is 2.40. The molecule has 1 aliphatic heterocycles. The summed E-state index contributed by atoms with van der Waals surface area (Å²) in [6.07, 6.45) is 2.74. The van der Waals surface area contributed by atoms with Crippen molar-refractivity contribution in [1.29, 1.82) is 0 Å². The Morgan fingerprint density at radius 1 is 1.06 bits per heavy atom. The van der Waals surface area contributed by atoms with Crippen LogP contribution in [0, 0.1) is 11.8 Å². The Morgan fingerprint density at radius 3 is 2.31 bits per heavy atom. The number of hydrogen-bond donors (Lipinski definition) is 0. The van der Waals surface area contributed by atoms with Gasteiger partial charge in [0.2, 0.25) is 0 Å². The number of likely N-dealkylation sites (tertiary alicyclic amines) is 1. The predicted molar refractivity (Wildman–Crippen MR) is 67.1 cm³/mol. The van der Waals surface area contributed by atoms with Crippen LogP contribution < -0.4 is 0 Å². The van der Waals surface area contributed by atoms with Gasteiger partial charge in [-0.2, -0.15) is 0 Å². The molecule has 0 amide bonds. The first kappa shape index (κ1) is 10.1. The fraction of sp³-hybridized carbons (Fsp3) is 0.467. The first-order chi connectivity index (χ1) is 7.83. The van der Waals surface area contributed by atoms with Gasteiger partial charge in [0.25, 0.3) is 0 Å². The van der Waals surface area contributed by atoms with Gasteiger partial charge in [0.15, 0.2) is 0 Å². The summed E-state index contributed by atoms with van der Waals surface area (Å²) in [7, 11) is 0. The zero-order valence-corrected chi connectivity index (χ0v) is 9.73. The molecule has 2 fully saturated rings. The molecular weight excluding hydrogens is 194 g/mol. The van der Waals surface area contributed by atoms with Crippen LogP contribution in [-0.2, 0) is 6.54 Å². The van der Waals surface area contributed by atoms with Crippen molar-refractivity contribution in [3.05, 3.63) is 48.0 Å². The van der Waals surface area contributed by atoms with E-state index < -0.39 is 0 Å². The largest absolute Gasteiger partial charge is 0.298 e. The van der Waals surface area contributed by atoms with E-state index in [0.29, 0.717) is 0 Å². The number of piperidine rings is 1. The molecule has 1 heterocycles. The summed E-state index contributed by atoms with van der Waals surface area (Å²) in [6, 6.07) is 10.8. The Kier molecular flexibility index (Phi) is 2.56. The van der Waals surface area contributed by atoms with Crippen LogP contribution in [0.25, 0.3) is 0 Å². The first-order valence-electron chi connectivity index (χ1n) is 6.28. The number of benzene rings is 1. The minimum atomic E-state index is 0.780. The second-order valence-electron chi connectivity index (χ2n) is 5.23. The number of nitrogens with zero attached hydrogens (tertiary/aromatic N) is 1. The normalized spacial score (nSPS) is 29.6. The molecule has 0 unspecified atom stereocenters. The van der Waals surface area contributed by atoms with E-state index in [1.54, 1.807) is 0 Å². The maximum absolute atomic E-state index is 4.25. The molecule has 2 aliphatic rings. The molecule has 16 heavy (non-hydrogen) atoms. The lowest BCUT2D eigenvalue weighted by Crippen LogP contribution is -2.37. The van der Waals surface area contributed by atoms with Crippen LogP contribution in [0.15, 0.2) is 42.5 Å². The Labute approximate surface area is 97.8 Å². The second kappa shape index (κ2) is 4.06. The monoisotopic (exact) mass is 213 g/mol. The number of rotatable bonds is 2. The van der Waals surface area contributed by atoms with Crippen LogP contribution in [0.4, 0.5) is 0 Å². The van der Waals surface area contributed by atoms with E-state index in [1.165, 1.54) is 37.1 Å². The summed E-state index contributed by atoms with van der Waals surface area (Å²) < 4.78 is 0. The summed E-state index contributed by atoms with van der Waals surface area (Å²) in [5.41, 5.74) is 2.97. The predicted octanol–water partition coefficient (Wildman–Crippen LogP) is 3.08. The quantitative estimate of drug-likeness (QED) is 0.682. The number of hydrogen-bond acceptors (Lipinski definition) is 1. The van der Waals surface area contributed by atoms with Crippen molar-refractivity contribution in [3.8, 4) is 0 Å². The van der Waals surface area contributed by atoms with Crippen LogP contribution in [0.5, 0.6) is 0 Å². The molecule has 1 aliphatic carbocycles. The molecule has 0 aromatic heterocycles. The van der Waals surface area contributed by atoms with Crippen molar-refractivity contribution in [3.63, 3.8) is 0 Å². The molecule has 3 rings (SSSR count). The van der Waals surface area contributed by atoms with Crippen LogP contribution in [0.1, 0.15) is 18.4 Å². The summed E-state index contributed by atoms with van der Waals surface area (Å²) >= 11 is 0. The molecule has 2 bridgehead atoms. The third kappa shape index (κ3) is 1.80. The van der Waals surface area contributed by atoms with Gasteiger partial charge in [-0.05, 0) is 30.2 Å².